The van der Waals surface area contributed by atoms with Crippen LogP contribution in [0.15, 0.2) is 24.3 Å². The molecule has 1 aromatic rings. The van der Waals surface area contributed by atoms with E-state index in [2.05, 4.69) is 11.8 Å². The van der Waals surface area contributed by atoms with Crippen LogP contribution < -0.4 is 9.47 Å². The minimum atomic E-state index is 0. The summed E-state index contributed by atoms with van der Waals surface area (Å²) >= 11 is 0. The first-order chi connectivity index (χ1) is 14.2. The van der Waals surface area contributed by atoms with Crippen LogP contribution in [-0.4, -0.2) is 60.6 Å². The van der Waals surface area contributed by atoms with Gasteiger partial charge in [-0.3, -0.25) is 4.79 Å². The van der Waals surface area contributed by atoms with E-state index in [1.54, 1.807) is 0 Å². The molecule has 4 rings (SSSR count). The number of ether oxygens (including phenoxy) is 2. The molecule has 1 atom stereocenters. The largest absolute Gasteiger partial charge is 0.494 e. The van der Waals surface area contributed by atoms with E-state index in [0.29, 0.717) is 11.8 Å². The predicted molar refractivity (Wildman–Crippen MR) is 122 cm³/mol. The lowest BCUT2D eigenvalue weighted by Crippen LogP contribution is -2.45. The SMILES string of the molecule is C[C@@H]1CCCN1CCCOc1ccc(OC2CCN(C(=O)C3CCC3)CC2)cc1.Cl. The maximum atomic E-state index is 12.4. The van der Waals surface area contributed by atoms with E-state index in [-0.39, 0.29) is 18.5 Å². The Morgan fingerprint density at radius 2 is 1.67 bits per heavy atom. The average molecular weight is 437 g/mol. The molecule has 0 bridgehead atoms. The molecule has 3 aliphatic rings. The van der Waals surface area contributed by atoms with E-state index in [1.165, 1.54) is 25.8 Å². The van der Waals surface area contributed by atoms with E-state index in [9.17, 15) is 4.79 Å². The average Bonchev–Trinajstić information content (AvgIpc) is 3.10. The molecule has 6 heteroatoms. The second-order valence-corrected chi connectivity index (χ2v) is 8.97. The van der Waals surface area contributed by atoms with Gasteiger partial charge in [-0.1, -0.05) is 6.42 Å². The lowest BCUT2D eigenvalue weighted by molar-refractivity contribution is -0.140. The number of hydrogen-bond donors (Lipinski definition) is 0. The molecule has 1 amide bonds. The number of benzene rings is 1. The molecule has 1 aromatic carbocycles. The van der Waals surface area contributed by atoms with E-state index >= 15 is 0 Å². The molecule has 2 saturated heterocycles. The molecule has 0 unspecified atom stereocenters. The zero-order valence-corrected chi connectivity index (χ0v) is 19.1. The summed E-state index contributed by atoms with van der Waals surface area (Å²) in [5.74, 6) is 2.48. The summed E-state index contributed by atoms with van der Waals surface area (Å²) < 4.78 is 12.0. The molecule has 0 aromatic heterocycles. The quantitative estimate of drug-likeness (QED) is 0.561. The van der Waals surface area contributed by atoms with Crippen molar-refractivity contribution in [3.05, 3.63) is 24.3 Å². The highest BCUT2D eigenvalue weighted by molar-refractivity contribution is 5.85. The van der Waals surface area contributed by atoms with Crippen LogP contribution in [-0.2, 0) is 4.79 Å². The third-order valence-corrected chi connectivity index (χ3v) is 6.88. The van der Waals surface area contributed by atoms with E-state index in [4.69, 9.17) is 9.47 Å². The van der Waals surface area contributed by atoms with E-state index < -0.39 is 0 Å². The van der Waals surface area contributed by atoms with Crippen LogP contribution >= 0.6 is 12.4 Å². The third kappa shape index (κ3) is 6.04. The summed E-state index contributed by atoms with van der Waals surface area (Å²) in [4.78, 5) is 17.0. The fourth-order valence-electron chi connectivity index (χ4n) is 4.70. The molecule has 0 radical (unpaired) electrons. The summed E-state index contributed by atoms with van der Waals surface area (Å²) in [7, 11) is 0. The second-order valence-electron chi connectivity index (χ2n) is 8.97. The molecule has 1 saturated carbocycles. The van der Waals surface area contributed by atoms with Crippen molar-refractivity contribution >= 4 is 18.3 Å². The Labute approximate surface area is 187 Å². The monoisotopic (exact) mass is 436 g/mol. The van der Waals surface area contributed by atoms with Gasteiger partial charge in [0.15, 0.2) is 0 Å². The zero-order chi connectivity index (χ0) is 20.1. The van der Waals surface area contributed by atoms with Crippen LogP contribution in [0.4, 0.5) is 0 Å². The topological polar surface area (TPSA) is 42.0 Å². The number of carbonyl (C=O) groups excluding carboxylic acids is 1. The Hall–Kier alpha value is -1.46. The van der Waals surface area contributed by atoms with E-state index in [0.717, 1.165) is 75.9 Å². The minimum absolute atomic E-state index is 0. The molecule has 1 aliphatic carbocycles. The lowest BCUT2D eigenvalue weighted by Gasteiger charge is -2.36. The summed E-state index contributed by atoms with van der Waals surface area (Å²) in [6.45, 7) is 7.11. The number of rotatable bonds is 8. The molecule has 3 fully saturated rings. The minimum Gasteiger partial charge on any atom is -0.494 e. The number of carbonyl (C=O) groups is 1. The highest BCUT2D eigenvalue weighted by Gasteiger charge is 2.32. The zero-order valence-electron chi connectivity index (χ0n) is 18.3. The first-order valence-corrected chi connectivity index (χ1v) is 11.6. The second kappa shape index (κ2) is 11.2. The van der Waals surface area contributed by atoms with Gasteiger partial charge in [0.05, 0.1) is 6.61 Å². The van der Waals surface area contributed by atoms with Gasteiger partial charge < -0.3 is 19.3 Å². The van der Waals surface area contributed by atoms with Crippen LogP contribution in [0, 0.1) is 5.92 Å². The van der Waals surface area contributed by atoms with Gasteiger partial charge in [0, 0.05) is 44.4 Å². The maximum absolute atomic E-state index is 12.4. The van der Waals surface area contributed by atoms with Crippen molar-refractivity contribution in [2.24, 2.45) is 5.92 Å². The molecule has 0 spiro atoms. The van der Waals surface area contributed by atoms with Crippen molar-refractivity contribution in [3.8, 4) is 11.5 Å². The van der Waals surface area contributed by atoms with Crippen LogP contribution in [0.2, 0.25) is 0 Å². The fourth-order valence-corrected chi connectivity index (χ4v) is 4.70. The highest BCUT2D eigenvalue weighted by atomic mass is 35.5. The molecule has 2 aliphatic heterocycles. The van der Waals surface area contributed by atoms with Crippen LogP contribution in [0.3, 0.4) is 0 Å². The van der Waals surface area contributed by atoms with Crippen molar-refractivity contribution in [1.82, 2.24) is 9.80 Å². The Bertz CT molecular complexity index is 657. The van der Waals surface area contributed by atoms with Crippen LogP contribution in [0.25, 0.3) is 0 Å². The normalized spacial score (nSPS) is 23.0. The lowest BCUT2D eigenvalue weighted by atomic mass is 9.84. The molecule has 168 valence electrons. The molecule has 30 heavy (non-hydrogen) atoms. The number of piperidine rings is 1. The third-order valence-electron chi connectivity index (χ3n) is 6.88. The maximum Gasteiger partial charge on any atom is 0.225 e. The predicted octanol–water partition coefficient (Wildman–Crippen LogP) is 4.53. The molecule has 0 N–H and O–H groups in total. The van der Waals surface area contributed by atoms with Crippen molar-refractivity contribution in [1.29, 1.82) is 0 Å². The van der Waals surface area contributed by atoms with E-state index in [1.807, 2.05) is 29.2 Å². The van der Waals surface area contributed by atoms with Gasteiger partial charge in [-0.25, -0.2) is 0 Å². The van der Waals surface area contributed by atoms with Gasteiger partial charge in [-0.2, -0.15) is 0 Å². The number of likely N-dealkylation sites (tertiary alicyclic amines) is 2. The molecule has 5 nitrogen and oxygen atoms in total. The van der Waals surface area contributed by atoms with Gasteiger partial charge in [-0.15, -0.1) is 12.4 Å². The van der Waals surface area contributed by atoms with Gasteiger partial charge in [0.2, 0.25) is 5.91 Å². The summed E-state index contributed by atoms with van der Waals surface area (Å²) in [6.07, 6.45) is 9.17. The van der Waals surface area contributed by atoms with Gasteiger partial charge >= 0.3 is 0 Å². The number of amides is 1. The van der Waals surface area contributed by atoms with Crippen molar-refractivity contribution in [2.75, 3.05) is 32.8 Å². The Morgan fingerprint density at radius 3 is 2.27 bits per heavy atom. The van der Waals surface area contributed by atoms with Crippen LogP contribution in [0.1, 0.15) is 58.3 Å². The van der Waals surface area contributed by atoms with Crippen LogP contribution in [0.5, 0.6) is 11.5 Å². The highest BCUT2D eigenvalue weighted by Crippen LogP contribution is 2.30. The number of nitrogens with zero attached hydrogens (tertiary/aromatic N) is 2. The number of hydrogen-bond acceptors (Lipinski definition) is 4. The summed E-state index contributed by atoms with van der Waals surface area (Å²) in [6, 6.07) is 8.74. The van der Waals surface area contributed by atoms with Gasteiger partial charge in [-0.05, 0) is 69.8 Å². The first-order valence-electron chi connectivity index (χ1n) is 11.6. The molecular weight excluding hydrogens is 400 g/mol. The van der Waals surface area contributed by atoms with Crippen molar-refractivity contribution in [3.63, 3.8) is 0 Å². The summed E-state index contributed by atoms with van der Waals surface area (Å²) in [5.41, 5.74) is 0. The smallest absolute Gasteiger partial charge is 0.225 e. The Balaban J connectivity index is 0.00000256. The molecule has 2 heterocycles. The summed E-state index contributed by atoms with van der Waals surface area (Å²) in [5, 5.41) is 0. The van der Waals surface area contributed by atoms with Crippen molar-refractivity contribution < 1.29 is 14.3 Å². The van der Waals surface area contributed by atoms with Crippen molar-refractivity contribution in [2.45, 2.75) is 70.4 Å². The molecular formula is C24H37ClN2O3. The van der Waals surface area contributed by atoms with Gasteiger partial charge in [0.25, 0.3) is 0 Å². The Morgan fingerprint density at radius 1 is 0.967 bits per heavy atom. The van der Waals surface area contributed by atoms with Gasteiger partial charge in [0.1, 0.15) is 17.6 Å². The fraction of sp³-hybridized carbons (Fsp3) is 0.708. The Kier molecular flexibility index (Phi) is 8.70. The standard InChI is InChI=1S/C24H36N2O3.ClH/c1-19-5-3-14-25(19)15-4-18-28-21-8-10-22(11-9-21)29-23-12-16-26(17-13-23)24(27)20-6-2-7-20;/h8-11,19-20,23H,2-7,12-18H2,1H3;1H/t19-;/m1./s1. The first kappa shape index (κ1) is 23.2. The number of halogens is 1.